The number of H-pyrrole nitrogens is 1. The Kier molecular flexibility index (Phi) is 9.15. The van der Waals surface area contributed by atoms with Crippen LogP contribution in [0.5, 0.6) is 0 Å². The SMILES string of the molecule is CCCCCCCCCCCc1cccc(-c2n[nH]c(C3(C(=N)N)CC3)n2)c1.Cl. The highest BCUT2D eigenvalue weighted by Crippen LogP contribution is 2.46. The molecule has 1 saturated carbocycles. The summed E-state index contributed by atoms with van der Waals surface area (Å²) < 4.78 is 0. The van der Waals surface area contributed by atoms with E-state index in [1.807, 2.05) is 0 Å². The lowest BCUT2D eigenvalue weighted by Crippen LogP contribution is -2.28. The number of aromatic nitrogens is 3. The van der Waals surface area contributed by atoms with E-state index in [1.54, 1.807) is 0 Å². The van der Waals surface area contributed by atoms with Gasteiger partial charge in [-0.15, -0.1) is 12.4 Å². The molecule has 0 atom stereocenters. The maximum atomic E-state index is 7.80. The van der Waals surface area contributed by atoms with E-state index in [0.29, 0.717) is 5.82 Å². The summed E-state index contributed by atoms with van der Waals surface area (Å²) in [5.41, 5.74) is 7.75. The minimum atomic E-state index is -0.389. The Bertz CT molecular complexity index is 766. The lowest BCUT2D eigenvalue weighted by Gasteiger charge is -2.08. The largest absolute Gasteiger partial charge is 0.387 e. The number of nitrogens with zero attached hydrogens (tertiary/aromatic N) is 2. The zero-order chi connectivity index (χ0) is 19.8. The summed E-state index contributed by atoms with van der Waals surface area (Å²) in [6.45, 7) is 2.27. The molecule has 6 heteroatoms. The fraction of sp³-hybridized carbons (Fsp3) is 0.609. The Hall–Kier alpha value is -1.88. The van der Waals surface area contributed by atoms with Gasteiger partial charge in [-0.25, -0.2) is 4.98 Å². The predicted octanol–water partition coefficient (Wildman–Crippen LogP) is 5.93. The van der Waals surface area contributed by atoms with E-state index in [0.717, 1.165) is 30.7 Å². The number of aromatic amines is 1. The molecule has 0 amide bonds. The third-order valence-electron chi connectivity index (χ3n) is 5.96. The second kappa shape index (κ2) is 11.3. The maximum absolute atomic E-state index is 7.80. The molecule has 1 aromatic heterocycles. The van der Waals surface area contributed by atoms with Crippen molar-refractivity contribution in [1.29, 1.82) is 5.41 Å². The molecule has 2 aromatic rings. The van der Waals surface area contributed by atoms with Gasteiger partial charge >= 0.3 is 0 Å². The Morgan fingerprint density at radius 2 is 1.72 bits per heavy atom. The molecule has 3 rings (SSSR count). The Balaban J connectivity index is 0.00000300. The van der Waals surface area contributed by atoms with Crippen molar-refractivity contribution >= 4 is 18.2 Å². The van der Waals surface area contributed by atoms with Gasteiger partial charge in [0.1, 0.15) is 11.7 Å². The van der Waals surface area contributed by atoms with Crippen molar-refractivity contribution < 1.29 is 0 Å². The van der Waals surface area contributed by atoms with E-state index in [4.69, 9.17) is 11.1 Å². The van der Waals surface area contributed by atoms with Gasteiger partial charge in [-0.2, -0.15) is 5.10 Å². The van der Waals surface area contributed by atoms with Gasteiger partial charge < -0.3 is 5.73 Å². The number of rotatable bonds is 13. The van der Waals surface area contributed by atoms with Crippen LogP contribution in [-0.2, 0) is 11.8 Å². The molecule has 0 bridgehead atoms. The fourth-order valence-corrected chi connectivity index (χ4v) is 3.87. The highest BCUT2D eigenvalue weighted by atomic mass is 35.5. The number of unbranched alkanes of at least 4 members (excludes halogenated alkanes) is 8. The van der Waals surface area contributed by atoms with Crippen LogP contribution in [0.1, 0.15) is 88.9 Å². The number of nitrogens with one attached hydrogen (secondary N) is 2. The molecule has 1 aliphatic carbocycles. The van der Waals surface area contributed by atoms with Crippen molar-refractivity contribution in [3.05, 3.63) is 35.7 Å². The van der Waals surface area contributed by atoms with Gasteiger partial charge in [0, 0.05) is 5.56 Å². The smallest absolute Gasteiger partial charge is 0.181 e. The monoisotopic (exact) mass is 417 g/mol. The molecule has 5 nitrogen and oxygen atoms in total. The fourth-order valence-electron chi connectivity index (χ4n) is 3.87. The lowest BCUT2D eigenvalue weighted by molar-refractivity contribution is 0.565. The van der Waals surface area contributed by atoms with Gasteiger partial charge in [0.15, 0.2) is 5.82 Å². The number of hydrogen-bond acceptors (Lipinski definition) is 3. The summed E-state index contributed by atoms with van der Waals surface area (Å²) in [7, 11) is 0. The Morgan fingerprint density at radius 3 is 2.34 bits per heavy atom. The number of aryl methyl sites for hydroxylation is 1. The lowest BCUT2D eigenvalue weighted by atomic mass is 10.0. The van der Waals surface area contributed by atoms with Crippen LogP contribution in [0, 0.1) is 5.41 Å². The van der Waals surface area contributed by atoms with Crippen molar-refractivity contribution in [2.45, 2.75) is 89.4 Å². The van der Waals surface area contributed by atoms with E-state index < -0.39 is 0 Å². The molecular weight excluding hydrogens is 382 g/mol. The standard InChI is InChI=1S/C23H35N5.ClH/c1-2-3-4-5-6-7-8-9-10-12-18-13-11-14-19(17-18)20-26-22(28-27-20)23(15-16-23)21(24)25;/h11,13-14,17H,2-10,12,15-16H2,1H3,(H3,24,25)(H,26,27,28);1H. The molecule has 160 valence electrons. The second-order valence-corrected chi connectivity index (χ2v) is 8.28. The quantitative estimate of drug-likeness (QED) is 0.214. The van der Waals surface area contributed by atoms with Crippen LogP contribution in [0.15, 0.2) is 24.3 Å². The van der Waals surface area contributed by atoms with E-state index in [-0.39, 0.29) is 23.7 Å². The topological polar surface area (TPSA) is 91.4 Å². The molecule has 1 aromatic carbocycles. The summed E-state index contributed by atoms with van der Waals surface area (Å²) in [5, 5.41) is 15.2. The first-order valence-electron chi connectivity index (χ1n) is 11.0. The van der Waals surface area contributed by atoms with Gasteiger partial charge in [0.25, 0.3) is 0 Å². The Labute approximate surface area is 181 Å². The second-order valence-electron chi connectivity index (χ2n) is 8.28. The first-order valence-corrected chi connectivity index (χ1v) is 11.0. The predicted molar refractivity (Wildman–Crippen MR) is 123 cm³/mol. The summed E-state index contributed by atoms with van der Waals surface area (Å²) in [6.07, 6.45) is 15.1. The van der Waals surface area contributed by atoms with Crippen LogP contribution in [0.25, 0.3) is 11.4 Å². The minimum Gasteiger partial charge on any atom is -0.387 e. The molecule has 0 saturated heterocycles. The summed E-state index contributed by atoms with van der Waals surface area (Å²) >= 11 is 0. The molecule has 0 aliphatic heterocycles. The van der Waals surface area contributed by atoms with Crippen molar-refractivity contribution in [1.82, 2.24) is 15.2 Å². The van der Waals surface area contributed by atoms with Crippen LogP contribution in [0.3, 0.4) is 0 Å². The van der Waals surface area contributed by atoms with E-state index >= 15 is 0 Å². The van der Waals surface area contributed by atoms with Crippen molar-refractivity contribution in [3.8, 4) is 11.4 Å². The average Bonchev–Trinajstić information content (AvgIpc) is 3.37. The summed E-state index contributed by atoms with van der Waals surface area (Å²) in [5.74, 6) is 1.63. The third kappa shape index (κ3) is 6.30. The number of hydrogen-bond donors (Lipinski definition) is 3. The zero-order valence-electron chi connectivity index (χ0n) is 17.7. The highest BCUT2D eigenvalue weighted by molar-refractivity contribution is 5.91. The van der Waals surface area contributed by atoms with E-state index in [2.05, 4.69) is 46.4 Å². The number of amidine groups is 1. The summed E-state index contributed by atoms with van der Waals surface area (Å²) in [6, 6.07) is 8.54. The van der Waals surface area contributed by atoms with Gasteiger partial charge in [0.2, 0.25) is 0 Å². The van der Waals surface area contributed by atoms with Crippen molar-refractivity contribution in [3.63, 3.8) is 0 Å². The van der Waals surface area contributed by atoms with Crippen molar-refractivity contribution in [2.24, 2.45) is 5.73 Å². The maximum Gasteiger partial charge on any atom is 0.181 e. The number of halogens is 1. The molecular formula is C23H36ClN5. The van der Waals surface area contributed by atoms with Crippen LogP contribution >= 0.6 is 12.4 Å². The molecule has 0 spiro atoms. The average molecular weight is 418 g/mol. The summed E-state index contributed by atoms with van der Waals surface area (Å²) in [4.78, 5) is 4.64. The molecule has 4 N–H and O–H groups in total. The normalized spacial score (nSPS) is 14.4. The molecule has 0 unspecified atom stereocenters. The third-order valence-corrected chi connectivity index (χ3v) is 5.96. The number of benzene rings is 1. The molecule has 0 radical (unpaired) electrons. The van der Waals surface area contributed by atoms with Gasteiger partial charge in [0.05, 0.1) is 5.41 Å². The molecule has 1 aliphatic rings. The van der Waals surface area contributed by atoms with Crippen LogP contribution in [-0.4, -0.2) is 21.0 Å². The van der Waals surface area contributed by atoms with Gasteiger partial charge in [-0.3, -0.25) is 10.5 Å². The van der Waals surface area contributed by atoms with Gasteiger partial charge in [-0.1, -0.05) is 76.5 Å². The zero-order valence-corrected chi connectivity index (χ0v) is 18.5. The first kappa shape index (κ1) is 23.4. The molecule has 1 heterocycles. The first-order chi connectivity index (χ1) is 13.7. The van der Waals surface area contributed by atoms with E-state index in [9.17, 15) is 0 Å². The molecule has 1 fully saturated rings. The van der Waals surface area contributed by atoms with Gasteiger partial charge in [-0.05, 0) is 37.3 Å². The number of nitrogens with two attached hydrogens (primary N) is 1. The van der Waals surface area contributed by atoms with Crippen LogP contribution < -0.4 is 5.73 Å². The highest BCUT2D eigenvalue weighted by Gasteiger charge is 2.50. The Morgan fingerprint density at radius 1 is 1.07 bits per heavy atom. The van der Waals surface area contributed by atoms with Crippen molar-refractivity contribution in [2.75, 3.05) is 0 Å². The minimum absolute atomic E-state index is 0. The van der Waals surface area contributed by atoms with Crippen LogP contribution in [0.2, 0.25) is 0 Å². The van der Waals surface area contributed by atoms with Crippen LogP contribution in [0.4, 0.5) is 0 Å². The molecule has 29 heavy (non-hydrogen) atoms. The van der Waals surface area contributed by atoms with E-state index in [1.165, 1.54) is 63.4 Å².